The summed E-state index contributed by atoms with van der Waals surface area (Å²) in [5.41, 5.74) is 0.0490. The molecular weight excluding hydrogens is 268 g/mol. The van der Waals surface area contributed by atoms with E-state index in [0.29, 0.717) is 0 Å². The minimum atomic E-state index is -1.80. The van der Waals surface area contributed by atoms with Crippen molar-refractivity contribution in [3.8, 4) is 0 Å². The Balaban J connectivity index is 3.04. The Morgan fingerprint density at radius 3 is 2.65 bits per heavy atom. The molecule has 0 aliphatic heterocycles. The van der Waals surface area contributed by atoms with Gasteiger partial charge in [0.05, 0.1) is 11.5 Å². The lowest BCUT2D eigenvalue weighted by molar-refractivity contribution is -0.384. The maximum atomic E-state index is 11.3. The van der Waals surface area contributed by atoms with Gasteiger partial charge >= 0.3 is 5.97 Å². The molecule has 1 aromatic carbocycles. The van der Waals surface area contributed by atoms with E-state index in [-0.39, 0.29) is 23.5 Å². The normalized spacial score (nSPS) is 13.4. The van der Waals surface area contributed by atoms with Crippen LogP contribution in [0.4, 0.5) is 11.4 Å². The highest BCUT2D eigenvalue weighted by atomic mass is 16.6. The van der Waals surface area contributed by atoms with Gasteiger partial charge in [0.2, 0.25) is 0 Å². The number of aliphatic hydroxyl groups excluding tert-OH is 2. The number of ether oxygens (including phenoxy) is 1. The molecule has 8 nitrogen and oxygen atoms in total. The van der Waals surface area contributed by atoms with Gasteiger partial charge in [-0.1, -0.05) is 6.07 Å². The molecule has 0 saturated carbocycles. The van der Waals surface area contributed by atoms with Crippen molar-refractivity contribution >= 4 is 17.3 Å². The van der Waals surface area contributed by atoms with Gasteiger partial charge in [-0.15, -0.1) is 0 Å². The molecule has 0 radical (unpaired) electrons. The fourth-order valence-electron chi connectivity index (χ4n) is 1.63. The number of carbonyl (C=O) groups is 1. The highest BCUT2D eigenvalue weighted by Crippen LogP contribution is 2.29. The topological polar surface area (TPSA) is 122 Å². The van der Waals surface area contributed by atoms with Crippen LogP contribution in [0.1, 0.15) is 18.6 Å². The van der Waals surface area contributed by atoms with Gasteiger partial charge in [-0.2, -0.15) is 0 Å². The molecule has 0 aliphatic rings. The number of hydrogen-bond donors (Lipinski definition) is 3. The molecule has 0 aromatic heterocycles. The molecule has 3 N–H and O–H groups in total. The van der Waals surface area contributed by atoms with Gasteiger partial charge in [-0.05, 0) is 18.6 Å². The molecular formula is C12H16N2O6. The van der Waals surface area contributed by atoms with Gasteiger partial charge in [0, 0.05) is 13.1 Å². The SMILES string of the molecule is CCOC(=O)C(O)C(O)c1ccc(NC)c([N+](=O)[O-])c1. The second kappa shape index (κ2) is 6.83. The molecule has 0 amide bonds. The van der Waals surface area contributed by atoms with Crippen LogP contribution in [0.2, 0.25) is 0 Å². The fraction of sp³-hybridized carbons (Fsp3) is 0.417. The number of nitro benzene ring substituents is 1. The number of hydrogen-bond acceptors (Lipinski definition) is 7. The zero-order chi connectivity index (χ0) is 15.3. The van der Waals surface area contributed by atoms with Crippen molar-refractivity contribution in [3.05, 3.63) is 33.9 Å². The van der Waals surface area contributed by atoms with E-state index in [4.69, 9.17) is 0 Å². The highest BCUT2D eigenvalue weighted by Gasteiger charge is 2.28. The molecule has 1 aromatic rings. The van der Waals surface area contributed by atoms with Crippen molar-refractivity contribution < 1.29 is 24.7 Å². The van der Waals surface area contributed by atoms with Gasteiger partial charge in [0.25, 0.3) is 5.69 Å². The molecule has 8 heteroatoms. The summed E-state index contributed by atoms with van der Waals surface area (Å²) in [5.74, 6) is -0.986. The Morgan fingerprint density at radius 2 is 2.15 bits per heavy atom. The van der Waals surface area contributed by atoms with E-state index in [9.17, 15) is 25.1 Å². The average molecular weight is 284 g/mol. The van der Waals surface area contributed by atoms with E-state index in [1.54, 1.807) is 6.92 Å². The first-order chi connectivity index (χ1) is 9.42. The van der Waals surface area contributed by atoms with E-state index in [2.05, 4.69) is 10.1 Å². The number of benzene rings is 1. The molecule has 0 heterocycles. The van der Waals surface area contributed by atoms with Gasteiger partial charge in [-0.3, -0.25) is 10.1 Å². The standard InChI is InChI=1S/C12H16N2O6/c1-3-20-12(17)11(16)10(15)7-4-5-8(13-2)9(6-7)14(18)19/h4-6,10-11,13,15-16H,3H2,1-2H3. The Kier molecular flexibility index (Phi) is 5.42. The van der Waals surface area contributed by atoms with Gasteiger partial charge in [0.15, 0.2) is 6.10 Å². The lowest BCUT2D eigenvalue weighted by atomic mass is 10.0. The van der Waals surface area contributed by atoms with Crippen LogP contribution < -0.4 is 5.32 Å². The largest absolute Gasteiger partial charge is 0.464 e. The maximum absolute atomic E-state index is 11.3. The number of nitro groups is 1. The van der Waals surface area contributed by atoms with Crippen LogP contribution in [0.15, 0.2) is 18.2 Å². The van der Waals surface area contributed by atoms with Gasteiger partial charge in [0.1, 0.15) is 11.8 Å². The van der Waals surface area contributed by atoms with E-state index >= 15 is 0 Å². The third-order valence-electron chi connectivity index (χ3n) is 2.66. The van der Waals surface area contributed by atoms with E-state index in [1.807, 2.05) is 0 Å². The van der Waals surface area contributed by atoms with E-state index in [1.165, 1.54) is 19.2 Å². The predicted molar refractivity (Wildman–Crippen MR) is 70.2 cm³/mol. The Labute approximate surface area is 115 Å². The molecule has 20 heavy (non-hydrogen) atoms. The summed E-state index contributed by atoms with van der Waals surface area (Å²) < 4.78 is 4.57. The van der Waals surface area contributed by atoms with E-state index < -0.39 is 23.1 Å². The number of nitrogens with one attached hydrogen (secondary N) is 1. The summed E-state index contributed by atoms with van der Waals surface area (Å²) in [4.78, 5) is 21.6. The van der Waals surface area contributed by atoms with Crippen LogP contribution in [-0.4, -0.2) is 40.9 Å². The van der Waals surface area contributed by atoms with Crippen molar-refractivity contribution in [1.29, 1.82) is 0 Å². The summed E-state index contributed by atoms with van der Waals surface area (Å²) in [6.07, 6.45) is -3.39. The Bertz CT molecular complexity index is 505. The van der Waals surface area contributed by atoms with Gasteiger partial charge < -0.3 is 20.3 Å². The number of nitrogens with zero attached hydrogens (tertiary/aromatic N) is 1. The molecule has 2 atom stereocenters. The third-order valence-corrected chi connectivity index (χ3v) is 2.66. The lowest BCUT2D eigenvalue weighted by Crippen LogP contribution is -2.29. The zero-order valence-corrected chi connectivity index (χ0v) is 11.1. The minimum Gasteiger partial charge on any atom is -0.464 e. The Hall–Kier alpha value is -2.19. The zero-order valence-electron chi connectivity index (χ0n) is 11.1. The molecule has 0 bridgehead atoms. The summed E-state index contributed by atoms with van der Waals surface area (Å²) in [5, 5.41) is 33.0. The summed E-state index contributed by atoms with van der Waals surface area (Å²) in [7, 11) is 1.52. The summed E-state index contributed by atoms with van der Waals surface area (Å²) in [6, 6.07) is 3.86. The van der Waals surface area contributed by atoms with E-state index in [0.717, 1.165) is 6.07 Å². The summed E-state index contributed by atoms with van der Waals surface area (Å²) in [6.45, 7) is 1.62. The molecule has 0 saturated heterocycles. The van der Waals surface area contributed by atoms with Crippen LogP contribution in [0.25, 0.3) is 0 Å². The maximum Gasteiger partial charge on any atom is 0.338 e. The van der Waals surface area contributed by atoms with Crippen LogP contribution in [0.5, 0.6) is 0 Å². The number of aliphatic hydroxyl groups is 2. The monoisotopic (exact) mass is 284 g/mol. The molecule has 110 valence electrons. The first kappa shape index (κ1) is 15.9. The lowest BCUT2D eigenvalue weighted by Gasteiger charge is -2.17. The summed E-state index contributed by atoms with van der Waals surface area (Å²) >= 11 is 0. The second-order valence-corrected chi connectivity index (χ2v) is 3.93. The van der Waals surface area contributed by atoms with Crippen LogP contribution >= 0.6 is 0 Å². The second-order valence-electron chi connectivity index (χ2n) is 3.93. The van der Waals surface area contributed by atoms with Crippen molar-refractivity contribution in [2.45, 2.75) is 19.1 Å². The average Bonchev–Trinajstić information content (AvgIpc) is 2.45. The molecule has 0 aliphatic carbocycles. The first-order valence-electron chi connectivity index (χ1n) is 5.91. The highest BCUT2D eigenvalue weighted by molar-refractivity contribution is 5.75. The number of esters is 1. The molecule has 1 rings (SSSR count). The minimum absolute atomic E-state index is 0.0521. The van der Waals surface area contributed by atoms with Crippen LogP contribution in [0, 0.1) is 10.1 Å². The first-order valence-corrected chi connectivity index (χ1v) is 5.91. The number of rotatable bonds is 6. The van der Waals surface area contributed by atoms with Crippen LogP contribution in [-0.2, 0) is 9.53 Å². The van der Waals surface area contributed by atoms with Crippen molar-refractivity contribution in [2.75, 3.05) is 19.0 Å². The quantitative estimate of drug-likeness (QED) is 0.397. The number of carbonyl (C=O) groups excluding carboxylic acids is 1. The van der Waals surface area contributed by atoms with Crippen LogP contribution in [0.3, 0.4) is 0 Å². The molecule has 0 fully saturated rings. The predicted octanol–water partition coefficient (Wildman–Crippen LogP) is 0.594. The van der Waals surface area contributed by atoms with Crippen molar-refractivity contribution in [2.24, 2.45) is 0 Å². The number of anilines is 1. The molecule has 0 spiro atoms. The fourth-order valence-corrected chi connectivity index (χ4v) is 1.63. The van der Waals surface area contributed by atoms with Crippen molar-refractivity contribution in [1.82, 2.24) is 0 Å². The Morgan fingerprint density at radius 1 is 1.50 bits per heavy atom. The smallest absolute Gasteiger partial charge is 0.338 e. The van der Waals surface area contributed by atoms with Gasteiger partial charge in [-0.25, -0.2) is 4.79 Å². The van der Waals surface area contributed by atoms with Crippen molar-refractivity contribution in [3.63, 3.8) is 0 Å². The molecule has 2 unspecified atom stereocenters. The third kappa shape index (κ3) is 3.43.